The van der Waals surface area contributed by atoms with Crippen LogP contribution in [0.4, 0.5) is 0 Å². The predicted octanol–water partition coefficient (Wildman–Crippen LogP) is 1.79. The van der Waals surface area contributed by atoms with Crippen LogP contribution in [0.2, 0.25) is 0 Å². The van der Waals surface area contributed by atoms with Crippen molar-refractivity contribution in [2.75, 3.05) is 0 Å². The van der Waals surface area contributed by atoms with Crippen molar-refractivity contribution in [1.82, 2.24) is 9.97 Å². The molecule has 4 heteroatoms. The van der Waals surface area contributed by atoms with Gasteiger partial charge in [-0.3, -0.25) is 5.11 Å². The van der Waals surface area contributed by atoms with Gasteiger partial charge in [-0.05, 0) is 25.1 Å². The lowest BCUT2D eigenvalue weighted by molar-refractivity contribution is 0.341. The number of benzene rings is 1. The third-order valence-corrected chi connectivity index (χ3v) is 1.76. The highest BCUT2D eigenvalue weighted by molar-refractivity contribution is 5.84. The van der Waals surface area contributed by atoms with Gasteiger partial charge in [-0.15, -0.1) is 0 Å². The normalized spacial score (nSPS) is 10.5. The highest BCUT2D eigenvalue weighted by Crippen LogP contribution is 2.25. The maximum absolute atomic E-state index is 11.3. The molecule has 0 spiro atoms. The van der Waals surface area contributed by atoms with Crippen LogP contribution in [0.25, 0.3) is 10.9 Å². The Kier molecular flexibility index (Phi) is 1.55. The van der Waals surface area contributed by atoms with Gasteiger partial charge >= 0.3 is 0 Å². The molecule has 1 aromatic carbocycles. The van der Waals surface area contributed by atoms with E-state index in [1.54, 1.807) is 13.0 Å². The molecule has 13 heavy (non-hydrogen) atoms. The quantitative estimate of drug-likeness (QED) is 0.663. The molecule has 1 aromatic heterocycles. The maximum Gasteiger partial charge on any atom is 0.281 e. The summed E-state index contributed by atoms with van der Waals surface area (Å²) in [6, 6.07) is 4.46. The van der Waals surface area contributed by atoms with Gasteiger partial charge in [0.1, 0.15) is 11.6 Å². The molecule has 2 rings (SSSR count). The van der Waals surface area contributed by atoms with E-state index in [2.05, 4.69) is 9.97 Å². The summed E-state index contributed by atoms with van der Waals surface area (Å²) in [4.78, 5) is 7.72. The molecule has 1 N–H and O–H groups in total. The fourth-order valence-corrected chi connectivity index (χ4v) is 1.20. The summed E-state index contributed by atoms with van der Waals surface area (Å²) in [5.74, 6) is 0.152. The van der Waals surface area contributed by atoms with Gasteiger partial charge < -0.3 is 5.11 Å². The van der Waals surface area contributed by atoms with Gasteiger partial charge in [0.05, 0.1) is 10.9 Å². The summed E-state index contributed by atoms with van der Waals surface area (Å²) in [7, 11) is 0. The fourth-order valence-electron chi connectivity index (χ4n) is 1.20. The Labute approximate surface area is 74.5 Å². The molecular weight excluding hydrogens is 168 g/mol. The second-order valence-corrected chi connectivity index (χ2v) is 2.78. The molecule has 0 unspecified atom stereocenters. The van der Waals surface area contributed by atoms with Gasteiger partial charge in [0.25, 0.3) is 5.88 Å². The Hall–Kier alpha value is -1.84. The lowest BCUT2D eigenvalue weighted by Crippen LogP contribution is -1.88. The third kappa shape index (κ3) is 1.26. The van der Waals surface area contributed by atoms with Gasteiger partial charge in [0.15, 0.2) is 0 Å². The van der Waals surface area contributed by atoms with Crippen LogP contribution < -0.4 is 0 Å². The average molecular weight is 175 g/mol. The van der Waals surface area contributed by atoms with E-state index in [-0.39, 0.29) is 11.6 Å². The van der Waals surface area contributed by atoms with Gasteiger partial charge in [-0.1, -0.05) is 0 Å². The third-order valence-electron chi connectivity index (χ3n) is 1.76. The Morgan fingerprint density at radius 1 is 1.31 bits per heavy atom. The molecule has 0 aliphatic rings. The lowest BCUT2D eigenvalue weighted by atomic mass is 10.2. The van der Waals surface area contributed by atoms with Crippen LogP contribution in [0, 0.1) is 6.92 Å². The van der Waals surface area contributed by atoms with Crippen molar-refractivity contribution in [2.45, 2.75) is 6.92 Å². The number of nitrogens with zero attached hydrogens (tertiary/aromatic N) is 2. The summed E-state index contributed by atoms with van der Waals surface area (Å²) in [6.07, 6.45) is 0. The van der Waals surface area contributed by atoms with Crippen LogP contribution >= 0.6 is 0 Å². The van der Waals surface area contributed by atoms with Crippen molar-refractivity contribution in [2.24, 2.45) is 0 Å². The van der Waals surface area contributed by atoms with Crippen molar-refractivity contribution in [1.29, 1.82) is 0 Å². The number of hydrogen-bond donors (Lipinski definition) is 1. The molecule has 0 atom stereocenters. The lowest BCUT2D eigenvalue weighted by Gasteiger charge is -1.99. The van der Waals surface area contributed by atoms with Crippen molar-refractivity contribution in [3.8, 4) is 11.6 Å². The zero-order chi connectivity index (χ0) is 9.42. The monoisotopic (exact) mass is 175 g/mol. The molecule has 0 saturated heterocycles. The van der Waals surface area contributed by atoms with Crippen molar-refractivity contribution in [3.63, 3.8) is 0 Å². The highest BCUT2D eigenvalue weighted by atomic mass is 16.3. The first kappa shape index (κ1) is 7.79. The van der Waals surface area contributed by atoms with E-state index in [9.17, 15) is 5.11 Å². The number of aromatic nitrogens is 2. The predicted molar refractivity (Wildman–Crippen MR) is 46.1 cm³/mol. The van der Waals surface area contributed by atoms with E-state index in [0.29, 0.717) is 16.7 Å². The number of phenols is 1. The Morgan fingerprint density at radius 2 is 2.08 bits per heavy atom. The van der Waals surface area contributed by atoms with Crippen LogP contribution in [0.1, 0.15) is 5.82 Å². The SMILES string of the molecule is Cc1nc([O])c2cc(O)ccc2n1. The molecule has 4 nitrogen and oxygen atoms in total. The van der Waals surface area contributed by atoms with Crippen molar-refractivity contribution < 1.29 is 10.2 Å². The van der Waals surface area contributed by atoms with E-state index in [1.165, 1.54) is 12.1 Å². The summed E-state index contributed by atoms with van der Waals surface area (Å²) in [5.41, 5.74) is 0.565. The van der Waals surface area contributed by atoms with E-state index in [4.69, 9.17) is 5.11 Å². The largest absolute Gasteiger partial charge is 0.508 e. The second-order valence-electron chi connectivity index (χ2n) is 2.78. The molecule has 2 aromatic rings. The molecule has 0 fully saturated rings. The molecule has 0 amide bonds. The van der Waals surface area contributed by atoms with Gasteiger partial charge in [0, 0.05) is 0 Å². The second kappa shape index (κ2) is 2.58. The first-order valence-electron chi connectivity index (χ1n) is 3.81. The van der Waals surface area contributed by atoms with Crippen LogP contribution in [0.3, 0.4) is 0 Å². The van der Waals surface area contributed by atoms with E-state index in [0.717, 1.165) is 0 Å². The first-order valence-corrected chi connectivity index (χ1v) is 3.81. The number of hydrogen-bond acceptors (Lipinski definition) is 3. The van der Waals surface area contributed by atoms with Crippen molar-refractivity contribution in [3.05, 3.63) is 24.0 Å². The minimum Gasteiger partial charge on any atom is -0.508 e. The minimum absolute atomic E-state index is 0.0528. The summed E-state index contributed by atoms with van der Waals surface area (Å²) >= 11 is 0. The van der Waals surface area contributed by atoms with Crippen LogP contribution in [-0.2, 0) is 5.11 Å². The van der Waals surface area contributed by atoms with Crippen LogP contribution in [-0.4, -0.2) is 15.1 Å². The summed E-state index contributed by atoms with van der Waals surface area (Å²) in [5, 5.41) is 20.8. The van der Waals surface area contributed by atoms with Crippen molar-refractivity contribution >= 4 is 10.9 Å². The molecule has 0 saturated carbocycles. The molecule has 0 aliphatic heterocycles. The molecule has 0 bridgehead atoms. The summed E-state index contributed by atoms with van der Waals surface area (Å²) < 4.78 is 0. The molecule has 1 radical (unpaired) electrons. The number of rotatable bonds is 0. The van der Waals surface area contributed by atoms with E-state index >= 15 is 0 Å². The highest BCUT2D eigenvalue weighted by Gasteiger charge is 2.05. The molecule has 0 aliphatic carbocycles. The topological polar surface area (TPSA) is 65.9 Å². The Bertz CT molecular complexity index is 468. The van der Waals surface area contributed by atoms with E-state index in [1.807, 2.05) is 0 Å². The van der Waals surface area contributed by atoms with Gasteiger partial charge in [-0.2, -0.15) is 4.98 Å². The average Bonchev–Trinajstić information content (AvgIpc) is 2.06. The first-order chi connectivity index (χ1) is 6.16. The molecule has 1 heterocycles. The fraction of sp³-hybridized carbons (Fsp3) is 0.111. The van der Waals surface area contributed by atoms with Gasteiger partial charge in [0.2, 0.25) is 0 Å². The number of phenolic OH excluding ortho intramolecular Hbond substituents is 1. The smallest absolute Gasteiger partial charge is 0.281 e. The Morgan fingerprint density at radius 3 is 2.85 bits per heavy atom. The van der Waals surface area contributed by atoms with E-state index < -0.39 is 0 Å². The molecular formula is C9H7N2O2. The minimum atomic E-state index is -0.349. The maximum atomic E-state index is 11.3. The van der Waals surface area contributed by atoms with Crippen LogP contribution in [0.15, 0.2) is 18.2 Å². The Balaban J connectivity index is 2.87. The summed E-state index contributed by atoms with van der Waals surface area (Å²) in [6.45, 7) is 1.66. The standard InChI is InChI=1S/C9H7N2O2/c1-5-10-8-3-2-6(12)4-7(8)9(13)11-5/h2-4,12H,1H3. The van der Waals surface area contributed by atoms with Crippen LogP contribution in [0.5, 0.6) is 11.6 Å². The zero-order valence-corrected chi connectivity index (χ0v) is 6.98. The number of aryl methyl sites for hydroxylation is 1. The molecule has 65 valence electrons. The number of aromatic hydroxyl groups is 1. The number of fused-ring (bicyclic) bond motifs is 1. The zero-order valence-electron chi connectivity index (χ0n) is 6.98. The van der Waals surface area contributed by atoms with Gasteiger partial charge in [-0.25, -0.2) is 4.98 Å².